The maximum atomic E-state index is 4.65. The Morgan fingerprint density at radius 3 is 2.64 bits per heavy atom. The Morgan fingerprint density at radius 1 is 1.36 bits per heavy atom. The van der Waals surface area contributed by atoms with Crippen LogP contribution in [0.3, 0.4) is 0 Å². The smallest absolute Gasteiger partial charge is 0.157 e. The summed E-state index contributed by atoms with van der Waals surface area (Å²) in [5.74, 6) is 2.08. The van der Waals surface area contributed by atoms with Gasteiger partial charge in [-0.15, -0.1) is 0 Å². The quantitative estimate of drug-likeness (QED) is 0.761. The molecule has 1 unspecified atom stereocenters. The zero-order valence-corrected chi connectivity index (χ0v) is 10.2. The molecule has 2 rings (SSSR count). The van der Waals surface area contributed by atoms with Crippen LogP contribution in [0.25, 0.3) is 0 Å². The SMILES string of the molecule is CC1CCSC(NC(C)(C)C2CC2)=N1. The molecule has 0 aromatic rings. The van der Waals surface area contributed by atoms with Crippen LogP contribution >= 0.6 is 11.8 Å². The largest absolute Gasteiger partial charge is 0.360 e. The first-order valence-electron chi connectivity index (χ1n) is 5.57. The lowest BCUT2D eigenvalue weighted by Gasteiger charge is -2.30. The highest BCUT2D eigenvalue weighted by atomic mass is 32.2. The van der Waals surface area contributed by atoms with Gasteiger partial charge in [0.1, 0.15) is 0 Å². The van der Waals surface area contributed by atoms with E-state index in [1.54, 1.807) is 0 Å². The summed E-state index contributed by atoms with van der Waals surface area (Å²) in [5.41, 5.74) is 0.253. The van der Waals surface area contributed by atoms with Crippen LogP contribution in [-0.4, -0.2) is 22.5 Å². The average molecular weight is 212 g/mol. The van der Waals surface area contributed by atoms with Gasteiger partial charge in [-0.2, -0.15) is 0 Å². The fourth-order valence-electron chi connectivity index (χ4n) is 1.88. The molecule has 0 amide bonds. The summed E-state index contributed by atoms with van der Waals surface area (Å²) in [7, 11) is 0. The summed E-state index contributed by atoms with van der Waals surface area (Å²) >= 11 is 1.88. The molecule has 3 heteroatoms. The highest BCUT2D eigenvalue weighted by Crippen LogP contribution is 2.39. The van der Waals surface area contributed by atoms with E-state index in [1.165, 1.54) is 30.2 Å². The fraction of sp³-hybridized carbons (Fsp3) is 0.909. The van der Waals surface area contributed by atoms with Crippen molar-refractivity contribution < 1.29 is 0 Å². The van der Waals surface area contributed by atoms with Crippen LogP contribution in [0.1, 0.15) is 40.0 Å². The normalized spacial score (nSPS) is 28.5. The first-order chi connectivity index (χ1) is 6.58. The van der Waals surface area contributed by atoms with Gasteiger partial charge in [-0.05, 0) is 46.0 Å². The lowest BCUT2D eigenvalue weighted by Crippen LogP contribution is -2.45. The number of nitrogens with one attached hydrogen (secondary N) is 1. The van der Waals surface area contributed by atoms with E-state index < -0.39 is 0 Å². The van der Waals surface area contributed by atoms with Crippen molar-refractivity contribution in [3.8, 4) is 0 Å². The zero-order valence-electron chi connectivity index (χ0n) is 9.34. The van der Waals surface area contributed by atoms with Crippen LogP contribution in [0.15, 0.2) is 4.99 Å². The van der Waals surface area contributed by atoms with E-state index in [-0.39, 0.29) is 5.54 Å². The first kappa shape index (κ1) is 10.3. The van der Waals surface area contributed by atoms with Crippen molar-refractivity contribution in [2.45, 2.75) is 51.6 Å². The Bertz CT molecular complexity index is 244. The molecule has 1 N–H and O–H groups in total. The molecule has 0 saturated heterocycles. The van der Waals surface area contributed by atoms with E-state index >= 15 is 0 Å². The van der Waals surface area contributed by atoms with E-state index in [9.17, 15) is 0 Å². The molecule has 0 radical (unpaired) electrons. The Hall–Kier alpha value is -0.180. The van der Waals surface area contributed by atoms with E-state index in [2.05, 4.69) is 31.1 Å². The lowest BCUT2D eigenvalue weighted by molar-refractivity contribution is 0.403. The van der Waals surface area contributed by atoms with Crippen molar-refractivity contribution in [2.24, 2.45) is 10.9 Å². The number of hydrogen-bond acceptors (Lipinski definition) is 3. The average Bonchev–Trinajstić information content (AvgIpc) is 2.84. The molecule has 1 fully saturated rings. The number of thioether (sulfide) groups is 1. The fourth-order valence-corrected chi connectivity index (χ4v) is 3.12. The predicted molar refractivity (Wildman–Crippen MR) is 63.9 cm³/mol. The van der Waals surface area contributed by atoms with Gasteiger partial charge in [0.05, 0.1) is 6.04 Å². The van der Waals surface area contributed by atoms with Crippen molar-refractivity contribution in [2.75, 3.05) is 5.75 Å². The Labute approximate surface area is 90.9 Å². The molecule has 1 saturated carbocycles. The topological polar surface area (TPSA) is 24.4 Å². The molecular formula is C11H20N2S. The molecule has 1 aliphatic heterocycles. The minimum absolute atomic E-state index is 0.253. The summed E-state index contributed by atoms with van der Waals surface area (Å²) in [6.45, 7) is 6.80. The summed E-state index contributed by atoms with van der Waals surface area (Å²) in [5, 5.41) is 4.77. The number of hydrogen-bond donors (Lipinski definition) is 1. The predicted octanol–water partition coefficient (Wildman–Crippen LogP) is 2.65. The third kappa shape index (κ3) is 2.44. The first-order valence-corrected chi connectivity index (χ1v) is 6.55. The van der Waals surface area contributed by atoms with E-state index in [1.807, 2.05) is 11.8 Å². The van der Waals surface area contributed by atoms with Gasteiger partial charge in [-0.25, -0.2) is 0 Å². The molecule has 80 valence electrons. The number of aliphatic imine (C=N–C) groups is 1. The van der Waals surface area contributed by atoms with Crippen molar-refractivity contribution in [3.63, 3.8) is 0 Å². The second-order valence-corrected chi connectivity index (χ2v) is 6.12. The maximum absolute atomic E-state index is 4.65. The molecular weight excluding hydrogens is 192 g/mol. The second-order valence-electron chi connectivity index (χ2n) is 5.04. The van der Waals surface area contributed by atoms with Gasteiger partial charge in [0, 0.05) is 11.3 Å². The molecule has 0 aromatic carbocycles. The van der Waals surface area contributed by atoms with Gasteiger partial charge in [0.25, 0.3) is 0 Å². The van der Waals surface area contributed by atoms with Crippen LogP contribution in [0.2, 0.25) is 0 Å². The molecule has 1 heterocycles. The molecule has 0 aromatic heterocycles. The molecule has 2 aliphatic rings. The molecule has 1 atom stereocenters. The van der Waals surface area contributed by atoms with Gasteiger partial charge in [-0.3, -0.25) is 4.99 Å². The van der Waals surface area contributed by atoms with Crippen molar-refractivity contribution >= 4 is 16.9 Å². The van der Waals surface area contributed by atoms with Crippen molar-refractivity contribution in [1.29, 1.82) is 0 Å². The van der Waals surface area contributed by atoms with Gasteiger partial charge in [0.2, 0.25) is 0 Å². The molecule has 1 aliphatic carbocycles. The summed E-state index contributed by atoms with van der Waals surface area (Å²) < 4.78 is 0. The van der Waals surface area contributed by atoms with Crippen LogP contribution < -0.4 is 5.32 Å². The van der Waals surface area contributed by atoms with Crippen LogP contribution in [0, 0.1) is 5.92 Å². The van der Waals surface area contributed by atoms with Crippen LogP contribution in [0.4, 0.5) is 0 Å². The van der Waals surface area contributed by atoms with Crippen molar-refractivity contribution in [1.82, 2.24) is 5.32 Å². The standard InChI is InChI=1S/C11H20N2S/c1-8-6-7-14-10(12-8)13-11(2,3)9-4-5-9/h8-9H,4-7H2,1-3H3,(H,12,13). The number of rotatable bonds is 2. The Balaban J connectivity index is 1.95. The Kier molecular flexibility index (Phi) is 2.78. The van der Waals surface area contributed by atoms with Crippen LogP contribution in [-0.2, 0) is 0 Å². The molecule has 2 nitrogen and oxygen atoms in total. The molecule has 0 spiro atoms. The third-order valence-electron chi connectivity index (χ3n) is 3.14. The molecule has 0 bridgehead atoms. The summed E-state index contributed by atoms with van der Waals surface area (Å²) in [6.07, 6.45) is 3.99. The number of amidine groups is 1. The maximum Gasteiger partial charge on any atom is 0.157 e. The van der Waals surface area contributed by atoms with Gasteiger partial charge < -0.3 is 5.32 Å². The van der Waals surface area contributed by atoms with E-state index in [0.717, 1.165) is 5.92 Å². The highest BCUT2D eigenvalue weighted by Gasteiger charge is 2.38. The van der Waals surface area contributed by atoms with Gasteiger partial charge >= 0.3 is 0 Å². The monoisotopic (exact) mass is 212 g/mol. The number of nitrogens with zero attached hydrogens (tertiary/aromatic N) is 1. The zero-order chi connectivity index (χ0) is 10.2. The summed E-state index contributed by atoms with van der Waals surface area (Å²) in [6, 6.07) is 0.508. The van der Waals surface area contributed by atoms with Gasteiger partial charge in [0.15, 0.2) is 5.17 Å². The highest BCUT2D eigenvalue weighted by molar-refractivity contribution is 8.13. The van der Waals surface area contributed by atoms with E-state index in [0.29, 0.717) is 6.04 Å². The summed E-state index contributed by atoms with van der Waals surface area (Å²) in [4.78, 5) is 4.65. The minimum Gasteiger partial charge on any atom is -0.360 e. The van der Waals surface area contributed by atoms with Crippen molar-refractivity contribution in [3.05, 3.63) is 0 Å². The van der Waals surface area contributed by atoms with Gasteiger partial charge in [-0.1, -0.05) is 11.8 Å². The molecule has 14 heavy (non-hydrogen) atoms. The minimum atomic E-state index is 0.253. The van der Waals surface area contributed by atoms with Crippen LogP contribution in [0.5, 0.6) is 0 Å². The third-order valence-corrected chi connectivity index (χ3v) is 4.06. The Morgan fingerprint density at radius 2 is 2.07 bits per heavy atom. The lowest BCUT2D eigenvalue weighted by atomic mass is 9.99. The van der Waals surface area contributed by atoms with E-state index in [4.69, 9.17) is 0 Å². The second kappa shape index (κ2) is 3.76.